The smallest absolute Gasteiger partial charge is 0.222 e. The van der Waals surface area contributed by atoms with Crippen LogP contribution in [0, 0.1) is 0 Å². The van der Waals surface area contributed by atoms with E-state index in [9.17, 15) is 0 Å². The number of hydrogen-bond donors (Lipinski definition) is 2. The van der Waals surface area contributed by atoms with Crippen molar-refractivity contribution in [1.29, 1.82) is 0 Å². The number of allylic oxidation sites excluding steroid dienone is 1. The Morgan fingerprint density at radius 3 is 2.70 bits per heavy atom. The lowest BCUT2D eigenvalue weighted by atomic mass is 10.1. The lowest BCUT2D eigenvalue weighted by molar-refractivity contribution is 0.717. The second kappa shape index (κ2) is 6.32. The fraction of sp³-hybridized carbons (Fsp3) is 0.400. The van der Waals surface area contributed by atoms with Gasteiger partial charge in [0.2, 0.25) is 5.95 Å². The first-order valence-electron chi connectivity index (χ1n) is 6.98. The predicted molar refractivity (Wildman–Crippen MR) is 83.3 cm³/mol. The van der Waals surface area contributed by atoms with Crippen molar-refractivity contribution in [3.8, 4) is 0 Å². The Hall–Kier alpha value is -2.17. The second-order valence-electron chi connectivity index (χ2n) is 4.88. The van der Waals surface area contributed by atoms with E-state index in [0.717, 1.165) is 29.5 Å². The van der Waals surface area contributed by atoms with Crippen molar-refractivity contribution in [1.82, 2.24) is 15.0 Å². The van der Waals surface area contributed by atoms with Gasteiger partial charge in [-0.05, 0) is 24.5 Å². The van der Waals surface area contributed by atoms with Crippen LogP contribution < -0.4 is 11.5 Å². The van der Waals surface area contributed by atoms with E-state index in [1.807, 2.05) is 6.07 Å². The number of nitrogens with two attached hydrogens (primary N) is 2. The van der Waals surface area contributed by atoms with E-state index in [2.05, 4.69) is 28.5 Å². The summed E-state index contributed by atoms with van der Waals surface area (Å²) >= 11 is 0. The number of rotatable bonds is 6. The molecule has 106 valence electrons. The SMILES string of the molecule is C=CCc1nc(N)nc2nc(N)c(CCCCC)cc12. The van der Waals surface area contributed by atoms with Gasteiger partial charge < -0.3 is 11.5 Å². The van der Waals surface area contributed by atoms with Gasteiger partial charge in [0.05, 0.1) is 5.69 Å². The molecule has 0 saturated heterocycles. The number of nitrogens with zero attached hydrogens (tertiary/aromatic N) is 3. The molecule has 2 heterocycles. The molecule has 0 aromatic carbocycles. The largest absolute Gasteiger partial charge is 0.383 e. The summed E-state index contributed by atoms with van der Waals surface area (Å²) in [7, 11) is 0. The number of unbranched alkanes of at least 4 members (excludes halogenated alkanes) is 2. The Morgan fingerprint density at radius 1 is 1.20 bits per heavy atom. The van der Waals surface area contributed by atoms with E-state index < -0.39 is 0 Å². The molecule has 0 bridgehead atoms. The van der Waals surface area contributed by atoms with E-state index in [1.165, 1.54) is 12.8 Å². The molecule has 2 aromatic heterocycles. The molecule has 4 N–H and O–H groups in total. The summed E-state index contributed by atoms with van der Waals surface area (Å²) in [5.74, 6) is 0.760. The van der Waals surface area contributed by atoms with Gasteiger partial charge >= 0.3 is 0 Å². The number of fused-ring (bicyclic) bond motifs is 1. The van der Waals surface area contributed by atoms with E-state index >= 15 is 0 Å². The van der Waals surface area contributed by atoms with Crippen LogP contribution in [0.5, 0.6) is 0 Å². The van der Waals surface area contributed by atoms with Crippen LogP contribution in [-0.4, -0.2) is 15.0 Å². The molecule has 20 heavy (non-hydrogen) atoms. The average molecular weight is 271 g/mol. The van der Waals surface area contributed by atoms with Gasteiger partial charge in [0.15, 0.2) is 5.65 Å². The third-order valence-electron chi connectivity index (χ3n) is 3.28. The minimum Gasteiger partial charge on any atom is -0.383 e. The second-order valence-corrected chi connectivity index (χ2v) is 4.88. The zero-order chi connectivity index (χ0) is 14.5. The molecule has 5 heteroatoms. The maximum atomic E-state index is 6.01. The number of hydrogen-bond acceptors (Lipinski definition) is 5. The monoisotopic (exact) mass is 271 g/mol. The molecule has 0 fully saturated rings. The van der Waals surface area contributed by atoms with Gasteiger partial charge in [-0.3, -0.25) is 0 Å². The van der Waals surface area contributed by atoms with Crippen molar-refractivity contribution >= 4 is 22.8 Å². The molecule has 0 saturated carbocycles. The number of nitrogen functional groups attached to an aromatic ring is 2. The standard InChI is InChI=1S/C15H21N5/c1-3-5-6-8-10-9-11-12(7-4-2)18-15(17)20-14(11)19-13(10)16/h4,9H,2-3,5-8H2,1H3,(H4,16,17,18,19,20). The number of aryl methyl sites for hydroxylation is 1. The first kappa shape index (κ1) is 14.2. The van der Waals surface area contributed by atoms with Crippen molar-refractivity contribution in [2.24, 2.45) is 0 Å². The van der Waals surface area contributed by atoms with Crippen LogP contribution in [0.15, 0.2) is 18.7 Å². The van der Waals surface area contributed by atoms with Crippen LogP contribution in [0.1, 0.15) is 37.4 Å². The quantitative estimate of drug-likeness (QED) is 0.622. The number of pyridine rings is 1. The van der Waals surface area contributed by atoms with Crippen molar-refractivity contribution < 1.29 is 0 Å². The molecule has 0 amide bonds. The molecule has 0 unspecified atom stereocenters. The molecular weight excluding hydrogens is 250 g/mol. The zero-order valence-electron chi connectivity index (χ0n) is 11.9. The van der Waals surface area contributed by atoms with Crippen molar-refractivity contribution in [3.05, 3.63) is 30.0 Å². The van der Waals surface area contributed by atoms with E-state index in [4.69, 9.17) is 11.5 Å². The molecule has 0 aliphatic heterocycles. The lowest BCUT2D eigenvalue weighted by Crippen LogP contribution is -2.05. The summed E-state index contributed by atoms with van der Waals surface area (Å²) < 4.78 is 0. The van der Waals surface area contributed by atoms with Crippen LogP contribution in [0.4, 0.5) is 11.8 Å². The van der Waals surface area contributed by atoms with Crippen LogP contribution in [0.25, 0.3) is 11.0 Å². The Bertz CT molecular complexity index is 621. The Kier molecular flexibility index (Phi) is 4.50. The molecule has 2 aromatic rings. The molecule has 2 rings (SSSR count). The summed E-state index contributed by atoms with van der Waals surface area (Å²) in [4.78, 5) is 12.8. The van der Waals surface area contributed by atoms with Gasteiger partial charge in [-0.15, -0.1) is 6.58 Å². The molecule has 0 aliphatic rings. The first-order chi connectivity index (χ1) is 9.65. The highest BCUT2D eigenvalue weighted by Crippen LogP contribution is 2.22. The highest BCUT2D eigenvalue weighted by molar-refractivity contribution is 5.81. The summed E-state index contributed by atoms with van der Waals surface area (Å²) in [6.45, 7) is 5.93. The van der Waals surface area contributed by atoms with Crippen LogP contribution in [0.2, 0.25) is 0 Å². The van der Waals surface area contributed by atoms with Gasteiger partial charge in [0.25, 0.3) is 0 Å². The maximum absolute atomic E-state index is 6.01. The average Bonchev–Trinajstić information content (AvgIpc) is 2.40. The van der Waals surface area contributed by atoms with Gasteiger partial charge in [-0.2, -0.15) is 4.98 Å². The van der Waals surface area contributed by atoms with Crippen molar-refractivity contribution in [2.45, 2.75) is 39.0 Å². The minimum absolute atomic E-state index is 0.222. The summed E-state index contributed by atoms with van der Waals surface area (Å²) in [6, 6.07) is 2.05. The van der Waals surface area contributed by atoms with E-state index in [1.54, 1.807) is 6.08 Å². The fourth-order valence-corrected chi connectivity index (χ4v) is 2.25. The van der Waals surface area contributed by atoms with Gasteiger partial charge in [0, 0.05) is 11.8 Å². The molecule has 0 radical (unpaired) electrons. The van der Waals surface area contributed by atoms with E-state index in [-0.39, 0.29) is 5.95 Å². The highest BCUT2D eigenvalue weighted by Gasteiger charge is 2.10. The minimum atomic E-state index is 0.222. The summed E-state index contributed by atoms with van der Waals surface area (Å²) in [5, 5.41) is 0.916. The van der Waals surface area contributed by atoms with Crippen LogP contribution in [0.3, 0.4) is 0 Å². The van der Waals surface area contributed by atoms with Gasteiger partial charge in [-0.1, -0.05) is 25.8 Å². The fourth-order valence-electron chi connectivity index (χ4n) is 2.25. The number of anilines is 2. The molecule has 0 aliphatic carbocycles. The Labute approximate surface area is 119 Å². The number of aromatic nitrogens is 3. The zero-order valence-corrected chi connectivity index (χ0v) is 11.9. The molecular formula is C15H21N5. The maximum Gasteiger partial charge on any atom is 0.222 e. The third-order valence-corrected chi connectivity index (χ3v) is 3.28. The first-order valence-corrected chi connectivity index (χ1v) is 6.98. The topological polar surface area (TPSA) is 90.7 Å². The molecule has 0 spiro atoms. The van der Waals surface area contributed by atoms with Crippen LogP contribution >= 0.6 is 0 Å². The van der Waals surface area contributed by atoms with E-state index in [0.29, 0.717) is 17.9 Å². The third kappa shape index (κ3) is 3.04. The lowest BCUT2D eigenvalue weighted by Gasteiger charge is -2.09. The summed E-state index contributed by atoms with van der Waals surface area (Å²) in [6.07, 6.45) is 6.86. The highest BCUT2D eigenvalue weighted by atomic mass is 15.0. The van der Waals surface area contributed by atoms with Crippen molar-refractivity contribution in [2.75, 3.05) is 11.5 Å². The summed E-state index contributed by atoms with van der Waals surface area (Å²) in [5.41, 5.74) is 14.2. The van der Waals surface area contributed by atoms with Gasteiger partial charge in [0.1, 0.15) is 5.82 Å². The Morgan fingerprint density at radius 2 is 2.00 bits per heavy atom. The molecule has 5 nitrogen and oxygen atoms in total. The predicted octanol–water partition coefficient (Wildman–Crippen LogP) is 2.65. The van der Waals surface area contributed by atoms with Crippen molar-refractivity contribution in [3.63, 3.8) is 0 Å². The Balaban J connectivity index is 2.46. The van der Waals surface area contributed by atoms with Crippen LogP contribution in [-0.2, 0) is 12.8 Å². The molecule has 0 atom stereocenters. The van der Waals surface area contributed by atoms with Gasteiger partial charge in [-0.25, -0.2) is 9.97 Å². The normalized spacial score (nSPS) is 10.8.